The van der Waals surface area contributed by atoms with Gasteiger partial charge in [-0.3, -0.25) is 9.59 Å². The van der Waals surface area contributed by atoms with Crippen molar-refractivity contribution in [2.45, 2.75) is 463 Å². The van der Waals surface area contributed by atoms with Crippen LogP contribution in [0.2, 0.25) is 0 Å². The molecule has 0 radical (unpaired) electrons. The van der Waals surface area contributed by atoms with E-state index in [2.05, 4.69) is 19.2 Å². The summed E-state index contributed by atoms with van der Waals surface area (Å²) in [6.07, 6.45) is 89.0. The highest BCUT2D eigenvalue weighted by atomic mass is 16.5. The van der Waals surface area contributed by atoms with Crippen molar-refractivity contribution in [3.05, 3.63) is 0 Å². The number of aliphatic hydroxyl groups is 2. The molecule has 0 saturated heterocycles. The molecule has 0 heterocycles. The lowest BCUT2D eigenvalue weighted by Gasteiger charge is -2.22. The number of amides is 1. The van der Waals surface area contributed by atoms with Crippen LogP contribution in [0.25, 0.3) is 0 Å². The predicted molar refractivity (Wildman–Crippen MR) is 361 cm³/mol. The molecule has 0 aliphatic heterocycles. The van der Waals surface area contributed by atoms with Crippen LogP contribution < -0.4 is 5.32 Å². The van der Waals surface area contributed by atoms with Crippen molar-refractivity contribution in [1.29, 1.82) is 0 Å². The van der Waals surface area contributed by atoms with Gasteiger partial charge in [0.2, 0.25) is 5.91 Å². The van der Waals surface area contributed by atoms with E-state index < -0.39 is 12.1 Å². The van der Waals surface area contributed by atoms with Gasteiger partial charge in [0.15, 0.2) is 0 Å². The maximum Gasteiger partial charge on any atom is 0.305 e. The summed E-state index contributed by atoms with van der Waals surface area (Å²) in [4.78, 5) is 24.6. The van der Waals surface area contributed by atoms with Crippen LogP contribution in [0.1, 0.15) is 450 Å². The van der Waals surface area contributed by atoms with Crippen LogP contribution in [0.5, 0.6) is 0 Å². The third-order valence-electron chi connectivity index (χ3n) is 18.4. The Morgan fingerprint density at radius 1 is 0.293 bits per heavy atom. The molecule has 0 aromatic rings. The zero-order chi connectivity index (χ0) is 59.2. The first-order chi connectivity index (χ1) is 40.5. The predicted octanol–water partition coefficient (Wildman–Crippen LogP) is 24.9. The number of hydrogen-bond donors (Lipinski definition) is 3. The Balaban J connectivity index is 3.30. The highest BCUT2D eigenvalue weighted by molar-refractivity contribution is 5.76. The van der Waals surface area contributed by atoms with Crippen molar-refractivity contribution in [2.24, 2.45) is 0 Å². The normalized spacial score (nSPS) is 12.4. The van der Waals surface area contributed by atoms with E-state index in [1.54, 1.807) is 0 Å². The van der Waals surface area contributed by atoms with Crippen LogP contribution in [0.3, 0.4) is 0 Å². The Bertz CT molecular complexity index is 1200. The number of carbonyl (C=O) groups is 2. The molecule has 6 heteroatoms. The summed E-state index contributed by atoms with van der Waals surface area (Å²) in [6.45, 7) is 5.01. The molecule has 0 spiro atoms. The van der Waals surface area contributed by atoms with Gasteiger partial charge in [0, 0.05) is 12.8 Å². The topological polar surface area (TPSA) is 95.9 Å². The number of hydrogen-bond acceptors (Lipinski definition) is 5. The largest absolute Gasteiger partial charge is 0.466 e. The minimum atomic E-state index is -0.660. The second-order valence-electron chi connectivity index (χ2n) is 26.7. The highest BCUT2D eigenvalue weighted by Gasteiger charge is 2.20. The maximum atomic E-state index is 12.5. The van der Waals surface area contributed by atoms with E-state index in [9.17, 15) is 19.8 Å². The highest BCUT2D eigenvalue weighted by Crippen LogP contribution is 2.20. The Morgan fingerprint density at radius 2 is 0.500 bits per heavy atom. The molecule has 0 bridgehead atoms. The molecule has 3 N–H and O–H groups in total. The number of unbranched alkanes of at least 4 members (excludes halogenated alkanes) is 62. The van der Waals surface area contributed by atoms with Gasteiger partial charge in [-0.25, -0.2) is 0 Å². The maximum absolute atomic E-state index is 12.5. The Morgan fingerprint density at radius 3 is 0.744 bits per heavy atom. The van der Waals surface area contributed by atoms with E-state index in [0.29, 0.717) is 25.9 Å². The zero-order valence-corrected chi connectivity index (χ0v) is 56.3. The number of rotatable bonds is 73. The molecule has 0 aliphatic carbocycles. The van der Waals surface area contributed by atoms with E-state index in [0.717, 1.165) is 38.5 Å². The molecule has 0 fully saturated rings. The van der Waals surface area contributed by atoms with Gasteiger partial charge in [0.1, 0.15) is 0 Å². The van der Waals surface area contributed by atoms with E-state index >= 15 is 0 Å². The van der Waals surface area contributed by atoms with Gasteiger partial charge in [-0.05, 0) is 25.7 Å². The van der Waals surface area contributed by atoms with E-state index in [1.807, 2.05) is 0 Å². The fourth-order valence-corrected chi connectivity index (χ4v) is 12.6. The second-order valence-corrected chi connectivity index (χ2v) is 26.7. The van der Waals surface area contributed by atoms with E-state index in [4.69, 9.17) is 4.74 Å². The molecule has 2 unspecified atom stereocenters. The molecule has 0 aromatic carbocycles. The molecule has 0 aromatic heterocycles. The van der Waals surface area contributed by atoms with Gasteiger partial charge in [-0.2, -0.15) is 0 Å². The van der Waals surface area contributed by atoms with Crippen LogP contribution in [-0.4, -0.2) is 47.4 Å². The first kappa shape index (κ1) is 80.9. The molecular weight excluding hydrogens is 1010 g/mol. The minimum absolute atomic E-state index is 0.0256. The number of ether oxygens (including phenoxy) is 1. The van der Waals surface area contributed by atoms with E-state index in [-0.39, 0.29) is 18.5 Å². The van der Waals surface area contributed by atoms with Crippen molar-refractivity contribution < 1.29 is 24.5 Å². The molecule has 6 nitrogen and oxygen atoms in total. The van der Waals surface area contributed by atoms with Crippen molar-refractivity contribution >= 4 is 11.9 Å². The van der Waals surface area contributed by atoms with Crippen molar-refractivity contribution in [2.75, 3.05) is 13.2 Å². The second kappa shape index (κ2) is 72.3. The molecule has 490 valence electrons. The summed E-state index contributed by atoms with van der Waals surface area (Å²) in [5.74, 6) is 0.000525. The van der Waals surface area contributed by atoms with Crippen LogP contribution >= 0.6 is 0 Å². The molecule has 0 rings (SSSR count). The first-order valence-corrected chi connectivity index (χ1v) is 38.3. The lowest BCUT2D eigenvalue weighted by Crippen LogP contribution is -2.45. The number of nitrogens with one attached hydrogen (secondary N) is 1. The number of aliphatic hydroxyl groups excluding tert-OH is 2. The van der Waals surface area contributed by atoms with Gasteiger partial charge >= 0.3 is 5.97 Å². The lowest BCUT2D eigenvalue weighted by atomic mass is 10.0. The van der Waals surface area contributed by atoms with Gasteiger partial charge in [-0.1, -0.05) is 412 Å². The molecule has 0 saturated carbocycles. The Labute approximate surface area is 515 Å². The monoisotopic (exact) mass is 1160 g/mol. The lowest BCUT2D eigenvalue weighted by molar-refractivity contribution is -0.143. The van der Waals surface area contributed by atoms with Crippen molar-refractivity contribution in [1.82, 2.24) is 5.32 Å². The Hall–Kier alpha value is -1.14. The Kier molecular flexibility index (Phi) is 71.3. The third kappa shape index (κ3) is 68.0. The fourth-order valence-electron chi connectivity index (χ4n) is 12.6. The van der Waals surface area contributed by atoms with Gasteiger partial charge in [-0.15, -0.1) is 0 Å². The van der Waals surface area contributed by atoms with Crippen molar-refractivity contribution in [3.63, 3.8) is 0 Å². The van der Waals surface area contributed by atoms with Crippen LogP contribution in [-0.2, 0) is 14.3 Å². The summed E-state index contributed by atoms with van der Waals surface area (Å²) in [5, 5.41) is 23.4. The molecule has 0 aliphatic rings. The van der Waals surface area contributed by atoms with E-state index in [1.165, 1.54) is 379 Å². The summed E-state index contributed by atoms with van der Waals surface area (Å²) >= 11 is 0. The molecule has 2 atom stereocenters. The standard InChI is InChI=1S/C76H151NO5/c1-3-5-7-9-11-13-15-17-19-37-40-44-48-52-56-60-64-68-74(79)73(72-78)77-75(80)69-65-61-57-53-49-45-41-38-35-33-31-29-27-25-23-21-22-24-26-28-30-32-34-36-39-43-47-51-55-59-63-67-71-82-76(81)70-66-62-58-54-50-46-42-20-18-16-14-12-10-8-6-4-2/h73-74,78-79H,3-72H2,1-2H3,(H,77,80). The summed E-state index contributed by atoms with van der Waals surface area (Å²) < 4.78 is 5.51. The van der Waals surface area contributed by atoms with Gasteiger partial charge < -0.3 is 20.3 Å². The number of carbonyl (C=O) groups excluding carboxylic acids is 2. The quantitative estimate of drug-likeness (QED) is 0.0417. The van der Waals surface area contributed by atoms with Crippen LogP contribution in [0, 0.1) is 0 Å². The average molecular weight is 1160 g/mol. The summed E-state index contributed by atoms with van der Waals surface area (Å²) in [7, 11) is 0. The SMILES string of the molecule is CCCCCCCCCCCCCCCCCCCC(O)C(CO)NC(=O)CCCCCCCCCCCCCCCCCCCCCCCCCCCCCCCCCCOC(=O)CCCCCCCCCCCCCCCCCC. The summed E-state index contributed by atoms with van der Waals surface area (Å²) in [5.41, 5.74) is 0. The minimum Gasteiger partial charge on any atom is -0.466 e. The van der Waals surface area contributed by atoms with Crippen LogP contribution in [0.15, 0.2) is 0 Å². The van der Waals surface area contributed by atoms with Crippen LogP contribution in [0.4, 0.5) is 0 Å². The van der Waals surface area contributed by atoms with Gasteiger partial charge in [0.05, 0.1) is 25.4 Å². The van der Waals surface area contributed by atoms with Crippen molar-refractivity contribution in [3.8, 4) is 0 Å². The van der Waals surface area contributed by atoms with Gasteiger partial charge in [0.25, 0.3) is 0 Å². The third-order valence-corrected chi connectivity index (χ3v) is 18.4. The molecule has 1 amide bonds. The average Bonchev–Trinajstić information content (AvgIpc) is 3.48. The zero-order valence-electron chi connectivity index (χ0n) is 56.3. The molecular formula is C76H151NO5. The summed E-state index contributed by atoms with van der Waals surface area (Å²) in [6, 6.07) is -0.537. The smallest absolute Gasteiger partial charge is 0.305 e. The first-order valence-electron chi connectivity index (χ1n) is 38.3. The fraction of sp³-hybridized carbons (Fsp3) is 0.974. The molecule has 82 heavy (non-hydrogen) atoms. The number of esters is 1.